The quantitative estimate of drug-likeness (QED) is 0.660. The third-order valence-electron chi connectivity index (χ3n) is 3.07. The first-order chi connectivity index (χ1) is 8.27. The smallest absolute Gasteiger partial charge is 0.273 e. The lowest BCUT2D eigenvalue weighted by atomic mass is 10.0. The van der Waals surface area contributed by atoms with Crippen molar-refractivity contribution in [2.45, 2.75) is 25.9 Å². The molecule has 1 aromatic rings. The van der Waals surface area contributed by atoms with Crippen molar-refractivity contribution < 1.29 is 10.0 Å². The van der Waals surface area contributed by atoms with Crippen LogP contribution in [0.5, 0.6) is 0 Å². The predicted octanol–water partition coefficient (Wildman–Crippen LogP) is 2.45. The van der Waals surface area contributed by atoms with E-state index in [1.165, 1.54) is 12.1 Å². The largest absolute Gasteiger partial charge is 0.394 e. The van der Waals surface area contributed by atoms with Gasteiger partial charge in [-0.15, -0.1) is 0 Å². The van der Waals surface area contributed by atoms with Crippen LogP contribution in [-0.2, 0) is 6.54 Å². The summed E-state index contributed by atoms with van der Waals surface area (Å²) in [5, 5.41) is 20.7. The first kappa shape index (κ1) is 14.9. The van der Waals surface area contributed by atoms with E-state index in [0.29, 0.717) is 17.1 Å². The van der Waals surface area contributed by atoms with Crippen LogP contribution in [0.15, 0.2) is 18.2 Å². The average molecular weight is 273 g/mol. The second-order valence-electron chi connectivity index (χ2n) is 4.86. The minimum atomic E-state index is -0.448. The molecule has 1 N–H and O–H groups in total. The number of aliphatic hydroxyl groups excluding tert-OH is 1. The van der Waals surface area contributed by atoms with Gasteiger partial charge in [-0.05, 0) is 33.0 Å². The van der Waals surface area contributed by atoms with Gasteiger partial charge in [0.15, 0.2) is 0 Å². The molecule has 0 heterocycles. The number of nitro benzene ring substituents is 1. The number of halogens is 1. The average Bonchev–Trinajstić information content (AvgIpc) is 2.28. The van der Waals surface area contributed by atoms with Gasteiger partial charge in [0.2, 0.25) is 0 Å². The molecule has 1 aromatic carbocycles. The number of nitro groups is 1. The summed E-state index contributed by atoms with van der Waals surface area (Å²) in [5.41, 5.74) is 0.132. The minimum absolute atomic E-state index is 0.0299. The molecule has 1 rings (SSSR count). The van der Waals surface area contributed by atoms with Gasteiger partial charge in [-0.1, -0.05) is 11.6 Å². The molecular weight excluding hydrogens is 256 g/mol. The summed E-state index contributed by atoms with van der Waals surface area (Å²) in [6.07, 6.45) is 0. The number of aliphatic hydroxyl groups is 1. The Morgan fingerprint density at radius 1 is 1.50 bits per heavy atom. The van der Waals surface area contributed by atoms with Gasteiger partial charge in [-0.3, -0.25) is 15.0 Å². The van der Waals surface area contributed by atoms with Gasteiger partial charge in [0, 0.05) is 28.7 Å². The normalized spacial score (nSPS) is 11.9. The van der Waals surface area contributed by atoms with E-state index < -0.39 is 10.5 Å². The second kappa shape index (κ2) is 5.65. The fraction of sp³-hybridized carbons (Fsp3) is 0.500. The highest BCUT2D eigenvalue weighted by atomic mass is 35.5. The molecule has 18 heavy (non-hydrogen) atoms. The number of benzene rings is 1. The van der Waals surface area contributed by atoms with Crippen molar-refractivity contribution in [3.05, 3.63) is 38.9 Å². The maximum atomic E-state index is 10.9. The molecule has 0 fully saturated rings. The number of likely N-dealkylation sites (N-methyl/N-ethyl adjacent to an activating group) is 1. The summed E-state index contributed by atoms with van der Waals surface area (Å²) in [6.45, 7) is 4.05. The summed E-state index contributed by atoms with van der Waals surface area (Å²) in [4.78, 5) is 12.4. The van der Waals surface area contributed by atoms with Gasteiger partial charge in [0.05, 0.1) is 11.5 Å². The molecule has 0 saturated carbocycles. The van der Waals surface area contributed by atoms with Crippen LogP contribution >= 0.6 is 11.6 Å². The Kier molecular flexibility index (Phi) is 4.67. The van der Waals surface area contributed by atoms with E-state index >= 15 is 0 Å². The van der Waals surface area contributed by atoms with Crippen LogP contribution < -0.4 is 0 Å². The molecule has 0 aliphatic heterocycles. The monoisotopic (exact) mass is 272 g/mol. The topological polar surface area (TPSA) is 66.6 Å². The fourth-order valence-corrected chi connectivity index (χ4v) is 1.64. The van der Waals surface area contributed by atoms with Gasteiger partial charge in [-0.25, -0.2) is 0 Å². The van der Waals surface area contributed by atoms with Crippen LogP contribution in [0.3, 0.4) is 0 Å². The van der Waals surface area contributed by atoms with Crippen LogP contribution in [-0.4, -0.2) is 34.1 Å². The van der Waals surface area contributed by atoms with E-state index in [0.717, 1.165) is 0 Å². The third-order valence-corrected chi connectivity index (χ3v) is 3.30. The van der Waals surface area contributed by atoms with Crippen LogP contribution in [0, 0.1) is 10.1 Å². The Morgan fingerprint density at radius 3 is 2.61 bits per heavy atom. The molecule has 6 heteroatoms. The molecule has 0 aromatic heterocycles. The van der Waals surface area contributed by atoms with E-state index in [-0.39, 0.29) is 12.3 Å². The molecule has 0 amide bonds. The minimum Gasteiger partial charge on any atom is -0.394 e. The molecule has 0 bridgehead atoms. The molecule has 0 aliphatic rings. The molecule has 0 unspecified atom stereocenters. The number of rotatable bonds is 5. The summed E-state index contributed by atoms with van der Waals surface area (Å²) >= 11 is 5.86. The zero-order chi connectivity index (χ0) is 13.9. The fourth-order valence-electron chi connectivity index (χ4n) is 1.45. The lowest BCUT2D eigenvalue weighted by Crippen LogP contribution is -2.43. The van der Waals surface area contributed by atoms with Crippen LogP contribution in [0.4, 0.5) is 5.69 Å². The van der Waals surface area contributed by atoms with Crippen molar-refractivity contribution in [1.82, 2.24) is 4.90 Å². The molecule has 0 aliphatic carbocycles. The van der Waals surface area contributed by atoms with Gasteiger partial charge >= 0.3 is 0 Å². The maximum absolute atomic E-state index is 10.9. The van der Waals surface area contributed by atoms with E-state index in [1.54, 1.807) is 13.1 Å². The highest BCUT2D eigenvalue weighted by molar-refractivity contribution is 6.30. The van der Waals surface area contributed by atoms with E-state index in [9.17, 15) is 15.2 Å². The van der Waals surface area contributed by atoms with Crippen molar-refractivity contribution in [2.24, 2.45) is 0 Å². The Labute approximate surface area is 111 Å². The van der Waals surface area contributed by atoms with Crippen LogP contribution in [0.25, 0.3) is 0 Å². The molecule has 5 nitrogen and oxygen atoms in total. The van der Waals surface area contributed by atoms with Crippen molar-refractivity contribution in [2.75, 3.05) is 13.7 Å². The van der Waals surface area contributed by atoms with Crippen LogP contribution in [0.1, 0.15) is 19.4 Å². The zero-order valence-electron chi connectivity index (χ0n) is 10.7. The lowest BCUT2D eigenvalue weighted by molar-refractivity contribution is -0.385. The Morgan fingerprint density at radius 2 is 2.11 bits per heavy atom. The number of nitrogens with zero attached hydrogens (tertiary/aromatic N) is 2. The van der Waals surface area contributed by atoms with Crippen molar-refractivity contribution in [3.8, 4) is 0 Å². The van der Waals surface area contributed by atoms with E-state index in [1.807, 2.05) is 18.7 Å². The van der Waals surface area contributed by atoms with Gasteiger partial charge in [-0.2, -0.15) is 0 Å². The Balaban J connectivity index is 3.03. The molecule has 100 valence electrons. The number of hydrogen-bond acceptors (Lipinski definition) is 4. The maximum Gasteiger partial charge on any atom is 0.273 e. The molecule has 0 radical (unpaired) electrons. The zero-order valence-corrected chi connectivity index (χ0v) is 11.4. The predicted molar refractivity (Wildman–Crippen MR) is 70.7 cm³/mol. The highest BCUT2D eigenvalue weighted by Crippen LogP contribution is 2.25. The summed E-state index contributed by atoms with van der Waals surface area (Å²) in [7, 11) is 1.81. The Bertz CT molecular complexity index is 449. The molecule has 0 atom stereocenters. The molecule has 0 spiro atoms. The summed E-state index contributed by atoms with van der Waals surface area (Å²) in [6, 6.07) is 4.49. The summed E-state index contributed by atoms with van der Waals surface area (Å²) < 4.78 is 0. The number of hydrogen-bond donors (Lipinski definition) is 1. The van der Waals surface area contributed by atoms with Crippen molar-refractivity contribution in [1.29, 1.82) is 0 Å². The highest BCUT2D eigenvalue weighted by Gasteiger charge is 2.25. The van der Waals surface area contributed by atoms with Gasteiger partial charge < -0.3 is 5.11 Å². The first-order valence-electron chi connectivity index (χ1n) is 5.53. The van der Waals surface area contributed by atoms with Crippen molar-refractivity contribution in [3.63, 3.8) is 0 Å². The first-order valence-corrected chi connectivity index (χ1v) is 5.90. The summed E-state index contributed by atoms with van der Waals surface area (Å²) in [5.74, 6) is 0. The Hall–Kier alpha value is -1.17. The second-order valence-corrected chi connectivity index (χ2v) is 5.29. The van der Waals surface area contributed by atoms with Crippen molar-refractivity contribution >= 4 is 17.3 Å². The molecular formula is C12H17ClN2O3. The third kappa shape index (κ3) is 3.41. The standard InChI is InChI=1S/C12H17ClN2O3/c1-12(2,8-16)14(3)7-9-6-10(13)4-5-11(9)15(17)18/h4-6,16H,7-8H2,1-3H3. The van der Waals surface area contributed by atoms with Gasteiger partial charge in [0.1, 0.15) is 0 Å². The van der Waals surface area contributed by atoms with Crippen LogP contribution in [0.2, 0.25) is 5.02 Å². The van der Waals surface area contributed by atoms with E-state index in [4.69, 9.17) is 11.6 Å². The lowest BCUT2D eigenvalue weighted by Gasteiger charge is -2.33. The van der Waals surface area contributed by atoms with Gasteiger partial charge in [0.25, 0.3) is 5.69 Å². The van der Waals surface area contributed by atoms with E-state index in [2.05, 4.69) is 0 Å². The SMILES string of the molecule is CN(Cc1cc(Cl)ccc1[N+](=O)[O-])C(C)(C)CO. The molecule has 0 saturated heterocycles.